The minimum absolute atomic E-state index is 0.0336. The van der Waals surface area contributed by atoms with Crippen molar-refractivity contribution >= 4 is 46.4 Å². The maximum atomic E-state index is 5.86. The predicted molar refractivity (Wildman–Crippen MR) is 47.6 cm³/mol. The summed E-state index contributed by atoms with van der Waals surface area (Å²) in [4.78, 5) is 0. The fraction of sp³-hybridized carbons (Fsp3) is 1.00. The first-order valence-electron chi connectivity index (χ1n) is 3.15. The lowest BCUT2D eigenvalue weighted by Crippen LogP contribution is -2.30. The first kappa shape index (κ1) is 9.25. The molecule has 0 bridgehead atoms. The summed E-state index contributed by atoms with van der Waals surface area (Å²) >= 11 is 23.4. The lowest BCUT2D eigenvalue weighted by Gasteiger charge is -2.31. The van der Waals surface area contributed by atoms with Gasteiger partial charge < -0.3 is 0 Å². The second kappa shape index (κ2) is 3.26. The van der Waals surface area contributed by atoms with Crippen molar-refractivity contribution in [3.63, 3.8) is 0 Å². The molecule has 1 saturated carbocycles. The molecule has 0 spiro atoms. The highest BCUT2D eigenvalue weighted by atomic mass is 35.5. The highest BCUT2D eigenvalue weighted by Gasteiger charge is 2.36. The summed E-state index contributed by atoms with van der Waals surface area (Å²) in [6, 6.07) is 0. The Kier molecular flexibility index (Phi) is 3.02. The Morgan fingerprint density at radius 2 is 1.40 bits per heavy atom. The summed E-state index contributed by atoms with van der Waals surface area (Å²) < 4.78 is -0.697. The van der Waals surface area contributed by atoms with Gasteiger partial charge in [0.05, 0.1) is 0 Å². The molecule has 1 rings (SSSR count). The van der Waals surface area contributed by atoms with Gasteiger partial charge in [0.2, 0.25) is 0 Å². The third kappa shape index (κ3) is 2.65. The highest BCUT2D eigenvalue weighted by molar-refractivity contribution is 6.49. The van der Waals surface area contributed by atoms with Crippen molar-refractivity contribution in [1.82, 2.24) is 0 Å². The molecule has 1 aliphatic carbocycles. The van der Waals surface area contributed by atoms with E-state index in [0.29, 0.717) is 12.8 Å². The van der Waals surface area contributed by atoms with Crippen LogP contribution in [0.2, 0.25) is 0 Å². The number of alkyl halides is 4. The van der Waals surface area contributed by atoms with Crippen LogP contribution in [0.4, 0.5) is 0 Å². The van der Waals surface area contributed by atoms with Crippen molar-refractivity contribution in [3.05, 3.63) is 0 Å². The van der Waals surface area contributed by atoms with Crippen LogP contribution in [0.1, 0.15) is 19.3 Å². The maximum absolute atomic E-state index is 5.86. The molecule has 0 N–H and O–H groups in total. The molecule has 0 aliphatic heterocycles. The zero-order valence-corrected chi connectivity index (χ0v) is 8.31. The van der Waals surface area contributed by atoms with Gasteiger partial charge in [0.15, 0.2) is 0 Å². The number of rotatable bonds is 0. The van der Waals surface area contributed by atoms with Gasteiger partial charge in [0, 0.05) is 10.8 Å². The molecule has 1 aliphatic rings. The summed E-state index contributed by atoms with van der Waals surface area (Å²) in [5.41, 5.74) is 0. The molecule has 0 amide bonds. The zero-order valence-electron chi connectivity index (χ0n) is 5.29. The van der Waals surface area contributed by atoms with Gasteiger partial charge in [0.25, 0.3) is 0 Å². The minimum Gasteiger partial charge on any atom is -0.123 e. The molecule has 60 valence electrons. The SMILES string of the molecule is Cl[C@@H]1C[C@H](Cl)CC(Cl)(Cl)C1. The van der Waals surface area contributed by atoms with Crippen molar-refractivity contribution in [2.24, 2.45) is 0 Å². The third-order valence-electron chi connectivity index (χ3n) is 1.55. The van der Waals surface area contributed by atoms with E-state index in [1.165, 1.54) is 0 Å². The Balaban J connectivity index is 2.51. The van der Waals surface area contributed by atoms with E-state index in [1.54, 1.807) is 0 Å². The quantitative estimate of drug-likeness (QED) is 0.549. The number of hydrogen-bond acceptors (Lipinski definition) is 0. The van der Waals surface area contributed by atoms with E-state index < -0.39 is 4.33 Å². The lowest BCUT2D eigenvalue weighted by molar-refractivity contribution is 0.491. The monoisotopic (exact) mass is 220 g/mol. The largest absolute Gasteiger partial charge is 0.123 e. The zero-order chi connectivity index (χ0) is 7.78. The van der Waals surface area contributed by atoms with Crippen molar-refractivity contribution in [2.45, 2.75) is 34.3 Å². The molecular weight excluding hydrogens is 214 g/mol. The summed E-state index contributed by atoms with van der Waals surface area (Å²) in [7, 11) is 0. The van der Waals surface area contributed by atoms with E-state index in [4.69, 9.17) is 46.4 Å². The molecule has 0 aromatic heterocycles. The Labute approximate surface area is 80.8 Å². The Bertz CT molecular complexity index is 111. The van der Waals surface area contributed by atoms with Crippen LogP contribution < -0.4 is 0 Å². The first-order chi connectivity index (χ1) is 4.49. The van der Waals surface area contributed by atoms with E-state index in [9.17, 15) is 0 Å². The van der Waals surface area contributed by atoms with Gasteiger partial charge in [-0.3, -0.25) is 0 Å². The molecule has 0 radical (unpaired) electrons. The van der Waals surface area contributed by atoms with Crippen LogP contribution in [-0.2, 0) is 0 Å². The molecule has 2 atom stereocenters. The topological polar surface area (TPSA) is 0 Å². The average molecular weight is 222 g/mol. The second-order valence-electron chi connectivity index (χ2n) is 2.69. The Hall–Kier alpha value is 1.16. The van der Waals surface area contributed by atoms with Gasteiger partial charge in [-0.15, -0.1) is 46.4 Å². The van der Waals surface area contributed by atoms with Crippen molar-refractivity contribution in [2.75, 3.05) is 0 Å². The standard InChI is InChI=1S/C6H8Cl4/c7-4-1-5(8)3-6(9,10)2-4/h4-5H,1-3H2/t4-,5+. The number of hydrogen-bond donors (Lipinski definition) is 0. The van der Waals surface area contributed by atoms with E-state index in [0.717, 1.165) is 6.42 Å². The van der Waals surface area contributed by atoms with Crippen LogP contribution in [0.25, 0.3) is 0 Å². The van der Waals surface area contributed by atoms with Gasteiger partial charge >= 0.3 is 0 Å². The van der Waals surface area contributed by atoms with Crippen molar-refractivity contribution in [3.8, 4) is 0 Å². The molecule has 0 nitrogen and oxygen atoms in total. The van der Waals surface area contributed by atoms with Crippen LogP contribution in [0.5, 0.6) is 0 Å². The molecular formula is C6H8Cl4. The summed E-state index contributed by atoms with van der Waals surface area (Å²) in [5.74, 6) is 0. The van der Waals surface area contributed by atoms with E-state index >= 15 is 0 Å². The fourth-order valence-corrected chi connectivity index (χ4v) is 3.28. The van der Waals surface area contributed by atoms with Crippen LogP contribution in [0, 0.1) is 0 Å². The minimum atomic E-state index is -0.697. The smallest absolute Gasteiger partial charge is 0.121 e. The lowest BCUT2D eigenvalue weighted by atomic mass is 9.99. The van der Waals surface area contributed by atoms with Crippen LogP contribution in [-0.4, -0.2) is 15.1 Å². The van der Waals surface area contributed by atoms with Crippen molar-refractivity contribution in [1.29, 1.82) is 0 Å². The van der Waals surface area contributed by atoms with E-state index in [1.807, 2.05) is 0 Å². The van der Waals surface area contributed by atoms with E-state index in [-0.39, 0.29) is 10.8 Å². The summed E-state index contributed by atoms with van der Waals surface area (Å²) in [5, 5.41) is 0.0671. The Morgan fingerprint density at radius 1 is 1.00 bits per heavy atom. The number of halogens is 4. The molecule has 0 saturated heterocycles. The normalized spacial score (nSPS) is 39.6. The molecule has 4 heteroatoms. The Morgan fingerprint density at radius 3 is 1.70 bits per heavy atom. The van der Waals surface area contributed by atoms with Gasteiger partial charge in [-0.05, 0) is 19.3 Å². The maximum Gasteiger partial charge on any atom is 0.121 e. The first-order valence-corrected chi connectivity index (χ1v) is 4.78. The average Bonchev–Trinajstić information content (AvgIpc) is 1.54. The highest BCUT2D eigenvalue weighted by Crippen LogP contribution is 2.41. The van der Waals surface area contributed by atoms with Crippen LogP contribution in [0.3, 0.4) is 0 Å². The summed E-state index contributed by atoms with van der Waals surface area (Å²) in [6.07, 6.45) is 2.09. The van der Waals surface area contributed by atoms with Gasteiger partial charge in [-0.25, -0.2) is 0 Å². The molecule has 0 aromatic carbocycles. The van der Waals surface area contributed by atoms with E-state index in [2.05, 4.69) is 0 Å². The predicted octanol–water partition coefficient (Wildman–Crippen LogP) is 3.56. The summed E-state index contributed by atoms with van der Waals surface area (Å²) in [6.45, 7) is 0. The van der Waals surface area contributed by atoms with Gasteiger partial charge in [0.1, 0.15) is 4.33 Å². The molecule has 10 heavy (non-hydrogen) atoms. The van der Waals surface area contributed by atoms with Crippen LogP contribution in [0.15, 0.2) is 0 Å². The molecule has 0 aromatic rings. The van der Waals surface area contributed by atoms with Crippen LogP contribution >= 0.6 is 46.4 Å². The third-order valence-corrected chi connectivity index (χ3v) is 2.83. The van der Waals surface area contributed by atoms with Gasteiger partial charge in [-0.1, -0.05) is 0 Å². The second-order valence-corrected chi connectivity index (χ2v) is 5.57. The molecule has 0 unspecified atom stereocenters. The van der Waals surface area contributed by atoms with Gasteiger partial charge in [-0.2, -0.15) is 0 Å². The fourth-order valence-electron chi connectivity index (χ4n) is 1.18. The molecule has 1 fully saturated rings. The molecule has 0 heterocycles. The van der Waals surface area contributed by atoms with Crippen molar-refractivity contribution < 1.29 is 0 Å².